The highest BCUT2D eigenvalue weighted by Gasteiger charge is 2.67. The number of carbonyl (C=O) groups is 1. The summed E-state index contributed by atoms with van der Waals surface area (Å²) in [5.41, 5.74) is 0.280. The second-order valence-corrected chi connectivity index (χ2v) is 6.52. The highest BCUT2D eigenvalue weighted by atomic mass is 16.4. The summed E-state index contributed by atoms with van der Waals surface area (Å²) in [4.78, 5) is 10.9. The molecule has 6 heteroatoms. The fourth-order valence-corrected chi connectivity index (χ4v) is 3.10. The van der Waals surface area contributed by atoms with Crippen LogP contribution in [0.25, 0.3) is 0 Å². The molecule has 0 aromatic carbocycles. The fourth-order valence-electron chi connectivity index (χ4n) is 3.10. The molecule has 1 fully saturated rings. The average molecular weight is 266 g/mol. The van der Waals surface area contributed by atoms with Crippen LogP contribution >= 0.6 is 0 Å². The number of tetrazole rings is 1. The van der Waals surface area contributed by atoms with E-state index in [-0.39, 0.29) is 29.2 Å². The zero-order valence-electron chi connectivity index (χ0n) is 12.2. The minimum absolute atomic E-state index is 0.0577. The van der Waals surface area contributed by atoms with Crippen molar-refractivity contribution in [3.63, 3.8) is 0 Å². The van der Waals surface area contributed by atoms with Crippen LogP contribution in [0.2, 0.25) is 0 Å². The van der Waals surface area contributed by atoms with Gasteiger partial charge in [0.2, 0.25) is 0 Å². The van der Waals surface area contributed by atoms with Crippen LogP contribution in [0, 0.1) is 10.8 Å². The van der Waals surface area contributed by atoms with Crippen molar-refractivity contribution < 1.29 is 9.90 Å². The second-order valence-electron chi connectivity index (χ2n) is 6.52. The number of hydrogen-bond donors (Lipinski definition) is 1. The summed E-state index contributed by atoms with van der Waals surface area (Å²) < 4.78 is 1.72. The predicted molar refractivity (Wildman–Crippen MR) is 69.7 cm³/mol. The van der Waals surface area contributed by atoms with Crippen LogP contribution in [0.4, 0.5) is 0 Å². The standard InChI is InChI=1S/C13H22N4O2/c1-6-8(7-9(18)19)17-11(14-15-16-17)10-12(2,3)13(10,4)5/h8,10H,6-7H2,1-5H3,(H,18,19). The van der Waals surface area contributed by atoms with Gasteiger partial charge in [-0.2, -0.15) is 0 Å². The highest BCUT2D eigenvalue weighted by Crippen LogP contribution is 2.73. The molecule has 1 aliphatic rings. The maximum atomic E-state index is 10.9. The Morgan fingerprint density at radius 2 is 1.95 bits per heavy atom. The van der Waals surface area contributed by atoms with Crippen LogP contribution < -0.4 is 0 Å². The zero-order valence-corrected chi connectivity index (χ0v) is 12.2. The van der Waals surface area contributed by atoms with Crippen LogP contribution in [0.15, 0.2) is 0 Å². The lowest BCUT2D eigenvalue weighted by molar-refractivity contribution is -0.138. The molecule has 0 radical (unpaired) electrons. The molecule has 0 aliphatic heterocycles. The lowest BCUT2D eigenvalue weighted by Crippen LogP contribution is -2.17. The molecule has 1 aromatic rings. The van der Waals surface area contributed by atoms with Crippen LogP contribution in [-0.4, -0.2) is 31.3 Å². The number of hydrogen-bond acceptors (Lipinski definition) is 4. The van der Waals surface area contributed by atoms with E-state index in [1.807, 2.05) is 6.92 Å². The Labute approximate surface area is 113 Å². The number of carboxylic acids is 1. The van der Waals surface area contributed by atoms with Crippen molar-refractivity contribution in [2.45, 2.75) is 59.4 Å². The van der Waals surface area contributed by atoms with E-state index in [0.29, 0.717) is 6.42 Å². The quantitative estimate of drug-likeness (QED) is 0.884. The Balaban J connectivity index is 2.31. The van der Waals surface area contributed by atoms with Gasteiger partial charge in [-0.25, -0.2) is 4.68 Å². The maximum Gasteiger partial charge on any atom is 0.305 e. The molecule has 0 bridgehead atoms. The van der Waals surface area contributed by atoms with E-state index in [1.165, 1.54) is 0 Å². The van der Waals surface area contributed by atoms with Crippen molar-refractivity contribution in [1.29, 1.82) is 0 Å². The molecular weight excluding hydrogens is 244 g/mol. The average Bonchev–Trinajstić information content (AvgIpc) is 2.68. The summed E-state index contributed by atoms with van der Waals surface area (Å²) in [6.45, 7) is 10.8. The van der Waals surface area contributed by atoms with E-state index >= 15 is 0 Å². The largest absolute Gasteiger partial charge is 0.481 e. The van der Waals surface area contributed by atoms with Gasteiger partial charge in [-0.1, -0.05) is 34.6 Å². The molecule has 1 aliphatic carbocycles. The van der Waals surface area contributed by atoms with Gasteiger partial charge in [0.1, 0.15) is 0 Å². The predicted octanol–water partition coefficient (Wildman–Crippen LogP) is 2.25. The van der Waals surface area contributed by atoms with Crippen LogP contribution in [0.3, 0.4) is 0 Å². The Kier molecular flexibility index (Phi) is 3.15. The summed E-state index contributed by atoms with van der Waals surface area (Å²) in [5.74, 6) is 0.281. The summed E-state index contributed by atoms with van der Waals surface area (Å²) in [5, 5.41) is 20.9. The van der Waals surface area contributed by atoms with Gasteiger partial charge in [-0.15, -0.1) is 5.10 Å². The van der Waals surface area contributed by atoms with E-state index in [1.54, 1.807) is 4.68 Å². The molecule has 1 unspecified atom stereocenters. The molecule has 106 valence electrons. The Bertz CT molecular complexity index is 479. The van der Waals surface area contributed by atoms with Gasteiger partial charge in [-0.3, -0.25) is 4.79 Å². The first-order valence-electron chi connectivity index (χ1n) is 6.73. The van der Waals surface area contributed by atoms with Gasteiger partial charge in [0.05, 0.1) is 12.5 Å². The molecule has 6 nitrogen and oxygen atoms in total. The normalized spacial score (nSPS) is 22.2. The number of nitrogens with zero attached hydrogens (tertiary/aromatic N) is 4. The molecule has 0 spiro atoms. The summed E-state index contributed by atoms with van der Waals surface area (Å²) in [7, 11) is 0. The van der Waals surface area contributed by atoms with Gasteiger partial charge in [0.15, 0.2) is 5.82 Å². The van der Waals surface area contributed by atoms with Gasteiger partial charge in [0, 0.05) is 5.92 Å². The van der Waals surface area contributed by atoms with Crippen LogP contribution in [0.5, 0.6) is 0 Å². The van der Waals surface area contributed by atoms with E-state index in [0.717, 1.165) is 5.82 Å². The molecule has 1 heterocycles. The molecule has 19 heavy (non-hydrogen) atoms. The van der Waals surface area contributed by atoms with Crippen molar-refractivity contribution in [1.82, 2.24) is 20.2 Å². The lowest BCUT2D eigenvalue weighted by atomic mass is 10.0. The Morgan fingerprint density at radius 1 is 1.37 bits per heavy atom. The zero-order chi connectivity index (χ0) is 14.4. The van der Waals surface area contributed by atoms with E-state index in [4.69, 9.17) is 5.11 Å². The summed E-state index contributed by atoms with van der Waals surface area (Å²) >= 11 is 0. The van der Waals surface area contributed by atoms with Crippen molar-refractivity contribution in [2.24, 2.45) is 10.8 Å². The number of aliphatic carboxylic acids is 1. The van der Waals surface area contributed by atoms with Crippen LogP contribution in [-0.2, 0) is 4.79 Å². The third-order valence-corrected chi connectivity index (χ3v) is 5.02. The van der Waals surface area contributed by atoms with Gasteiger partial charge >= 0.3 is 5.97 Å². The molecule has 1 aromatic heterocycles. The van der Waals surface area contributed by atoms with Gasteiger partial charge in [-0.05, 0) is 27.7 Å². The first-order valence-corrected chi connectivity index (χ1v) is 6.73. The maximum absolute atomic E-state index is 10.9. The minimum atomic E-state index is -0.817. The van der Waals surface area contributed by atoms with E-state index in [2.05, 4.69) is 43.2 Å². The van der Waals surface area contributed by atoms with Crippen molar-refractivity contribution in [3.05, 3.63) is 5.82 Å². The molecule has 1 N–H and O–H groups in total. The van der Waals surface area contributed by atoms with Gasteiger partial charge < -0.3 is 5.11 Å². The Hall–Kier alpha value is -1.46. The third kappa shape index (κ3) is 2.03. The van der Waals surface area contributed by atoms with Crippen molar-refractivity contribution >= 4 is 5.97 Å². The molecular formula is C13H22N4O2. The molecule has 1 atom stereocenters. The number of aromatic nitrogens is 4. The summed E-state index contributed by atoms with van der Waals surface area (Å²) in [6, 6.07) is -0.172. The first kappa shape index (κ1) is 14.0. The smallest absolute Gasteiger partial charge is 0.305 e. The van der Waals surface area contributed by atoms with Crippen LogP contribution in [0.1, 0.15) is 65.2 Å². The number of rotatable bonds is 5. The minimum Gasteiger partial charge on any atom is -0.481 e. The van der Waals surface area contributed by atoms with Crippen molar-refractivity contribution in [2.75, 3.05) is 0 Å². The lowest BCUT2D eigenvalue weighted by Gasteiger charge is -2.15. The highest BCUT2D eigenvalue weighted by molar-refractivity contribution is 5.67. The molecule has 2 rings (SSSR count). The van der Waals surface area contributed by atoms with Gasteiger partial charge in [0.25, 0.3) is 0 Å². The molecule has 1 saturated carbocycles. The van der Waals surface area contributed by atoms with Crippen molar-refractivity contribution in [3.8, 4) is 0 Å². The fraction of sp³-hybridized carbons (Fsp3) is 0.846. The van der Waals surface area contributed by atoms with E-state index in [9.17, 15) is 4.79 Å². The van der Waals surface area contributed by atoms with E-state index < -0.39 is 5.97 Å². The third-order valence-electron chi connectivity index (χ3n) is 5.02. The topological polar surface area (TPSA) is 80.9 Å². The monoisotopic (exact) mass is 266 g/mol. The SMILES string of the molecule is CCC(CC(=O)O)n1nnnc1C1C(C)(C)C1(C)C. The first-order chi connectivity index (χ1) is 8.73. The number of carboxylic acid groups (broad SMARTS) is 1. The summed E-state index contributed by atoms with van der Waals surface area (Å²) in [6.07, 6.45) is 0.764. The Morgan fingerprint density at radius 3 is 2.37 bits per heavy atom. The molecule has 0 amide bonds. The second kappa shape index (κ2) is 4.28. The molecule has 0 saturated heterocycles.